The van der Waals surface area contributed by atoms with E-state index in [0.29, 0.717) is 0 Å². The number of thiophene rings is 1. The Balaban J connectivity index is 1.82. The molecule has 1 aliphatic rings. The Kier molecular flexibility index (Phi) is 5.53. The van der Waals surface area contributed by atoms with Crippen molar-refractivity contribution >= 4 is 11.3 Å². The van der Waals surface area contributed by atoms with Crippen molar-refractivity contribution in [2.75, 3.05) is 7.05 Å². The molecule has 1 fully saturated rings. The molecule has 1 N–H and O–H groups in total. The highest BCUT2D eigenvalue weighted by atomic mass is 32.1. The monoisotopic (exact) mass is 251 g/mol. The van der Waals surface area contributed by atoms with Crippen LogP contribution < -0.4 is 5.32 Å². The summed E-state index contributed by atoms with van der Waals surface area (Å²) in [7, 11) is 2.14. The normalized spacial score (nSPS) is 20.1. The third-order valence-corrected chi connectivity index (χ3v) is 4.90. The average Bonchev–Trinajstić information content (AvgIpc) is 2.72. The summed E-state index contributed by atoms with van der Waals surface area (Å²) in [6.45, 7) is 0. The first-order valence-electron chi connectivity index (χ1n) is 7.08. The fourth-order valence-corrected chi connectivity index (χ4v) is 3.79. The lowest BCUT2D eigenvalue weighted by molar-refractivity contribution is 0.319. The molecule has 1 heterocycles. The molecule has 1 aromatic heterocycles. The molecular formula is C15H25NS. The molecular weight excluding hydrogens is 226 g/mol. The van der Waals surface area contributed by atoms with Gasteiger partial charge in [0.1, 0.15) is 0 Å². The summed E-state index contributed by atoms with van der Waals surface area (Å²) >= 11 is 1.82. The van der Waals surface area contributed by atoms with Crippen LogP contribution in [0.15, 0.2) is 16.8 Å². The highest BCUT2D eigenvalue weighted by Crippen LogP contribution is 2.27. The fraction of sp³-hybridized carbons (Fsp3) is 0.733. The second kappa shape index (κ2) is 7.17. The van der Waals surface area contributed by atoms with Crippen molar-refractivity contribution < 1.29 is 0 Å². The van der Waals surface area contributed by atoms with Crippen LogP contribution in [0.2, 0.25) is 0 Å². The number of rotatable bonds is 5. The predicted octanol–water partition coefficient (Wildman–Crippen LogP) is 4.24. The molecule has 0 spiro atoms. The van der Waals surface area contributed by atoms with E-state index in [1.54, 1.807) is 0 Å². The second-order valence-electron chi connectivity index (χ2n) is 5.32. The van der Waals surface area contributed by atoms with Crippen LogP contribution in [-0.2, 0) is 6.42 Å². The van der Waals surface area contributed by atoms with E-state index in [4.69, 9.17) is 0 Å². The SMILES string of the molecule is CNC(CCc1ccsc1)C1CCCCCC1. The van der Waals surface area contributed by atoms with Crippen LogP contribution in [0.25, 0.3) is 0 Å². The quantitative estimate of drug-likeness (QED) is 0.772. The van der Waals surface area contributed by atoms with Gasteiger partial charge in [-0.1, -0.05) is 25.7 Å². The summed E-state index contributed by atoms with van der Waals surface area (Å²) < 4.78 is 0. The van der Waals surface area contributed by atoms with E-state index in [1.807, 2.05) is 11.3 Å². The van der Waals surface area contributed by atoms with Gasteiger partial charge in [-0.3, -0.25) is 0 Å². The molecule has 1 nitrogen and oxygen atoms in total. The summed E-state index contributed by atoms with van der Waals surface area (Å²) in [4.78, 5) is 0. The van der Waals surface area contributed by atoms with E-state index < -0.39 is 0 Å². The molecule has 96 valence electrons. The average molecular weight is 251 g/mol. The molecule has 0 bridgehead atoms. The summed E-state index contributed by atoms with van der Waals surface area (Å²) in [6.07, 6.45) is 11.2. The van der Waals surface area contributed by atoms with Gasteiger partial charge in [-0.05, 0) is 61.0 Å². The Morgan fingerprint density at radius 2 is 2.06 bits per heavy atom. The van der Waals surface area contributed by atoms with Gasteiger partial charge >= 0.3 is 0 Å². The molecule has 2 heteroatoms. The van der Waals surface area contributed by atoms with Crippen LogP contribution in [0.4, 0.5) is 0 Å². The van der Waals surface area contributed by atoms with Crippen LogP contribution in [0.3, 0.4) is 0 Å². The molecule has 2 rings (SSSR count). The van der Waals surface area contributed by atoms with Gasteiger partial charge in [-0.15, -0.1) is 0 Å². The summed E-state index contributed by atoms with van der Waals surface area (Å²) in [5, 5.41) is 8.05. The third-order valence-electron chi connectivity index (χ3n) is 4.16. The van der Waals surface area contributed by atoms with Gasteiger partial charge in [0, 0.05) is 6.04 Å². The number of hydrogen-bond donors (Lipinski definition) is 1. The summed E-state index contributed by atoms with van der Waals surface area (Å²) in [6, 6.07) is 3.00. The van der Waals surface area contributed by atoms with Crippen molar-refractivity contribution in [3.8, 4) is 0 Å². The maximum absolute atomic E-state index is 3.57. The Bertz CT molecular complexity index is 286. The van der Waals surface area contributed by atoms with Gasteiger partial charge in [0.05, 0.1) is 0 Å². The maximum Gasteiger partial charge on any atom is 0.00954 e. The van der Waals surface area contributed by atoms with E-state index in [1.165, 1.54) is 56.9 Å². The van der Waals surface area contributed by atoms with Crippen LogP contribution in [0.1, 0.15) is 50.5 Å². The first kappa shape index (κ1) is 13.1. The van der Waals surface area contributed by atoms with Crippen molar-refractivity contribution in [3.05, 3.63) is 22.4 Å². The van der Waals surface area contributed by atoms with Gasteiger partial charge < -0.3 is 5.32 Å². The maximum atomic E-state index is 3.57. The van der Waals surface area contributed by atoms with E-state index in [9.17, 15) is 0 Å². The fourth-order valence-electron chi connectivity index (χ4n) is 3.09. The molecule has 17 heavy (non-hydrogen) atoms. The van der Waals surface area contributed by atoms with Crippen molar-refractivity contribution in [1.29, 1.82) is 0 Å². The summed E-state index contributed by atoms with van der Waals surface area (Å²) in [5.41, 5.74) is 1.52. The van der Waals surface area contributed by atoms with E-state index in [0.717, 1.165) is 12.0 Å². The van der Waals surface area contributed by atoms with Gasteiger partial charge in [0.15, 0.2) is 0 Å². The predicted molar refractivity (Wildman–Crippen MR) is 76.7 cm³/mol. The van der Waals surface area contributed by atoms with Gasteiger partial charge in [-0.25, -0.2) is 0 Å². The highest BCUT2D eigenvalue weighted by Gasteiger charge is 2.20. The second-order valence-corrected chi connectivity index (χ2v) is 6.10. The molecule has 0 aliphatic heterocycles. The minimum absolute atomic E-state index is 0.730. The highest BCUT2D eigenvalue weighted by molar-refractivity contribution is 7.07. The van der Waals surface area contributed by atoms with Gasteiger partial charge in [0.2, 0.25) is 0 Å². The first-order valence-corrected chi connectivity index (χ1v) is 8.03. The van der Waals surface area contributed by atoms with Crippen molar-refractivity contribution in [2.45, 2.75) is 57.4 Å². The first-order chi connectivity index (χ1) is 8.40. The van der Waals surface area contributed by atoms with E-state index in [-0.39, 0.29) is 0 Å². The number of aryl methyl sites for hydroxylation is 1. The van der Waals surface area contributed by atoms with Crippen LogP contribution in [-0.4, -0.2) is 13.1 Å². The standard InChI is InChI=1S/C15H25NS/c1-16-15(9-8-13-10-11-17-12-13)14-6-4-2-3-5-7-14/h10-12,14-16H,2-9H2,1H3. The Morgan fingerprint density at radius 3 is 2.65 bits per heavy atom. The molecule has 0 saturated heterocycles. The van der Waals surface area contributed by atoms with Crippen LogP contribution in [0.5, 0.6) is 0 Å². The molecule has 0 aromatic carbocycles. The molecule has 0 radical (unpaired) electrons. The zero-order valence-electron chi connectivity index (χ0n) is 11.0. The zero-order chi connectivity index (χ0) is 11.9. The van der Waals surface area contributed by atoms with Crippen molar-refractivity contribution in [3.63, 3.8) is 0 Å². The van der Waals surface area contributed by atoms with E-state index in [2.05, 4.69) is 29.2 Å². The molecule has 0 amide bonds. The van der Waals surface area contributed by atoms with Gasteiger partial charge in [-0.2, -0.15) is 11.3 Å². The Hall–Kier alpha value is -0.340. The van der Waals surface area contributed by atoms with Crippen molar-refractivity contribution in [2.24, 2.45) is 5.92 Å². The molecule has 1 aromatic rings. The lowest BCUT2D eigenvalue weighted by Gasteiger charge is -2.25. The zero-order valence-corrected chi connectivity index (χ0v) is 11.8. The topological polar surface area (TPSA) is 12.0 Å². The van der Waals surface area contributed by atoms with Crippen LogP contribution in [0, 0.1) is 5.92 Å². The molecule has 1 atom stereocenters. The molecule has 1 saturated carbocycles. The van der Waals surface area contributed by atoms with Crippen LogP contribution >= 0.6 is 11.3 Å². The summed E-state index contributed by atoms with van der Waals surface area (Å²) in [5.74, 6) is 0.918. The molecule has 1 unspecified atom stereocenters. The Labute approximate surface area is 110 Å². The smallest absolute Gasteiger partial charge is 0.00954 e. The number of hydrogen-bond acceptors (Lipinski definition) is 2. The Morgan fingerprint density at radius 1 is 1.29 bits per heavy atom. The lowest BCUT2D eigenvalue weighted by Crippen LogP contribution is -2.33. The molecule has 1 aliphatic carbocycles. The largest absolute Gasteiger partial charge is 0.317 e. The van der Waals surface area contributed by atoms with Crippen molar-refractivity contribution in [1.82, 2.24) is 5.32 Å². The minimum Gasteiger partial charge on any atom is -0.317 e. The van der Waals surface area contributed by atoms with Gasteiger partial charge in [0.25, 0.3) is 0 Å². The third kappa shape index (κ3) is 4.11. The minimum atomic E-state index is 0.730. The number of nitrogens with one attached hydrogen (secondary N) is 1. The lowest BCUT2D eigenvalue weighted by atomic mass is 9.88. The van der Waals surface area contributed by atoms with E-state index >= 15 is 0 Å².